The van der Waals surface area contributed by atoms with E-state index in [1.165, 1.54) is 6.08 Å². The van der Waals surface area contributed by atoms with Crippen molar-refractivity contribution in [2.75, 3.05) is 0 Å². The van der Waals surface area contributed by atoms with Gasteiger partial charge in [-0.2, -0.15) is 0 Å². The van der Waals surface area contributed by atoms with Gasteiger partial charge in [0.1, 0.15) is 6.10 Å². The average molecular weight is 294 g/mol. The monoisotopic (exact) mass is 294 g/mol. The first-order valence-corrected chi connectivity index (χ1v) is 7.67. The smallest absolute Gasteiger partial charge is 0.330 e. The number of aliphatic carboxylic acids is 1. The average Bonchev–Trinajstić information content (AvgIpc) is 2.78. The van der Waals surface area contributed by atoms with Crippen LogP contribution in [0.5, 0.6) is 0 Å². The lowest BCUT2D eigenvalue weighted by Crippen LogP contribution is -2.35. The van der Waals surface area contributed by atoms with E-state index in [1.807, 2.05) is 34.6 Å². The van der Waals surface area contributed by atoms with Crippen LogP contribution in [-0.4, -0.2) is 23.1 Å². The number of esters is 1. The molecule has 2 fully saturated rings. The first kappa shape index (κ1) is 16.1. The predicted molar refractivity (Wildman–Crippen MR) is 79.7 cm³/mol. The van der Waals surface area contributed by atoms with Crippen molar-refractivity contribution in [3.63, 3.8) is 0 Å². The van der Waals surface area contributed by atoms with E-state index in [0.717, 1.165) is 19.3 Å². The van der Waals surface area contributed by atoms with Crippen molar-refractivity contribution in [2.45, 2.75) is 60.0 Å². The molecule has 118 valence electrons. The Morgan fingerprint density at radius 2 is 1.81 bits per heavy atom. The Bertz CT molecular complexity index is 480. The maximum Gasteiger partial charge on any atom is 0.330 e. The van der Waals surface area contributed by atoms with Crippen molar-refractivity contribution in [1.29, 1.82) is 0 Å². The fourth-order valence-corrected chi connectivity index (χ4v) is 4.22. The van der Waals surface area contributed by atoms with Gasteiger partial charge in [-0.1, -0.05) is 40.7 Å². The second-order valence-electron chi connectivity index (χ2n) is 7.91. The molecule has 2 saturated carbocycles. The van der Waals surface area contributed by atoms with Crippen LogP contribution in [0.3, 0.4) is 0 Å². The first-order valence-electron chi connectivity index (χ1n) is 7.67. The number of carboxylic acid groups (broad SMARTS) is 1. The Labute approximate surface area is 126 Å². The van der Waals surface area contributed by atoms with Crippen LogP contribution in [0.1, 0.15) is 53.9 Å². The molecule has 1 N–H and O–H groups in total. The highest BCUT2D eigenvalue weighted by Crippen LogP contribution is 2.76. The molecule has 0 radical (unpaired) electrons. The van der Waals surface area contributed by atoms with Gasteiger partial charge in [0, 0.05) is 12.0 Å². The summed E-state index contributed by atoms with van der Waals surface area (Å²) in [6.45, 7) is 9.76. The van der Waals surface area contributed by atoms with Crippen LogP contribution >= 0.6 is 0 Å². The van der Waals surface area contributed by atoms with Crippen molar-refractivity contribution in [3.05, 3.63) is 12.2 Å². The molecular formula is C17H26O4. The van der Waals surface area contributed by atoms with Gasteiger partial charge in [-0.15, -0.1) is 0 Å². The van der Waals surface area contributed by atoms with Crippen LogP contribution in [0.15, 0.2) is 12.2 Å². The van der Waals surface area contributed by atoms with Crippen molar-refractivity contribution in [1.82, 2.24) is 0 Å². The molecule has 21 heavy (non-hydrogen) atoms. The summed E-state index contributed by atoms with van der Waals surface area (Å²) < 4.78 is 5.27. The Hall–Kier alpha value is -1.32. The van der Waals surface area contributed by atoms with Crippen LogP contribution in [0.2, 0.25) is 0 Å². The zero-order chi connectivity index (χ0) is 16.1. The molecule has 2 aliphatic carbocycles. The molecule has 0 heterocycles. The molecule has 0 saturated heterocycles. The third kappa shape index (κ3) is 2.29. The summed E-state index contributed by atoms with van der Waals surface area (Å²) in [7, 11) is 0. The Morgan fingerprint density at radius 3 is 2.14 bits per heavy atom. The highest BCUT2D eigenvalue weighted by Gasteiger charge is 2.79. The third-order valence-electron chi connectivity index (χ3n) is 5.46. The fraction of sp³-hybridized carbons (Fsp3) is 0.765. The van der Waals surface area contributed by atoms with Crippen molar-refractivity contribution >= 4 is 11.9 Å². The maximum absolute atomic E-state index is 11.9. The summed E-state index contributed by atoms with van der Waals surface area (Å²) >= 11 is 0. The van der Waals surface area contributed by atoms with E-state index < -0.39 is 11.4 Å². The van der Waals surface area contributed by atoms with E-state index in [1.54, 1.807) is 6.08 Å². The topological polar surface area (TPSA) is 63.6 Å². The zero-order valence-electron chi connectivity index (χ0n) is 13.6. The molecule has 0 aliphatic heterocycles. The van der Waals surface area contributed by atoms with Crippen LogP contribution in [-0.2, 0) is 14.3 Å². The second kappa shape index (κ2) is 4.85. The molecule has 4 heteroatoms. The molecule has 0 aromatic rings. The lowest BCUT2D eigenvalue weighted by atomic mass is 9.72. The minimum absolute atomic E-state index is 0.0567. The molecular weight excluding hydrogens is 268 g/mol. The number of carboxylic acids is 1. The first-order chi connectivity index (χ1) is 9.55. The number of carbonyl (C=O) groups is 2. The number of hydrogen-bond acceptors (Lipinski definition) is 3. The summed E-state index contributed by atoms with van der Waals surface area (Å²) in [6.07, 6.45) is 6.21. The number of carbonyl (C=O) groups excluding carboxylic acids is 1. The number of ether oxygens (including phenoxy) is 1. The quantitative estimate of drug-likeness (QED) is 0.637. The van der Waals surface area contributed by atoms with Crippen LogP contribution < -0.4 is 0 Å². The van der Waals surface area contributed by atoms with E-state index in [4.69, 9.17) is 4.74 Å². The van der Waals surface area contributed by atoms with E-state index >= 15 is 0 Å². The van der Waals surface area contributed by atoms with E-state index in [-0.39, 0.29) is 28.8 Å². The van der Waals surface area contributed by atoms with Gasteiger partial charge in [0.15, 0.2) is 0 Å². The van der Waals surface area contributed by atoms with Crippen molar-refractivity contribution in [2.24, 2.45) is 22.2 Å². The molecule has 0 bridgehead atoms. The number of rotatable bonds is 4. The Kier molecular flexibility index (Phi) is 3.71. The van der Waals surface area contributed by atoms with Gasteiger partial charge in [-0.3, -0.25) is 4.79 Å². The Balaban J connectivity index is 2.12. The van der Waals surface area contributed by atoms with Gasteiger partial charge < -0.3 is 9.84 Å². The fourth-order valence-electron chi connectivity index (χ4n) is 4.22. The predicted octanol–water partition coefficient (Wildman–Crippen LogP) is 3.41. The molecule has 0 aromatic carbocycles. The molecule has 2 atom stereocenters. The van der Waals surface area contributed by atoms with Gasteiger partial charge in [0.25, 0.3) is 0 Å². The van der Waals surface area contributed by atoms with Crippen LogP contribution in [0, 0.1) is 22.2 Å². The number of allylic oxidation sites excluding steroid dienone is 1. The van der Waals surface area contributed by atoms with E-state index in [9.17, 15) is 14.7 Å². The molecule has 0 unspecified atom stereocenters. The molecule has 2 aliphatic rings. The highest BCUT2D eigenvalue weighted by atomic mass is 16.5. The summed E-state index contributed by atoms with van der Waals surface area (Å²) in [5, 5.41) is 9.75. The lowest BCUT2D eigenvalue weighted by Gasteiger charge is -2.30. The second-order valence-corrected chi connectivity index (χ2v) is 7.91. The maximum atomic E-state index is 11.9. The van der Waals surface area contributed by atoms with Gasteiger partial charge in [-0.05, 0) is 30.1 Å². The Morgan fingerprint density at radius 1 is 1.24 bits per heavy atom. The summed E-state index contributed by atoms with van der Waals surface area (Å²) in [6, 6.07) is 0. The van der Waals surface area contributed by atoms with Crippen molar-refractivity contribution in [3.8, 4) is 0 Å². The van der Waals surface area contributed by atoms with Crippen LogP contribution in [0.4, 0.5) is 0 Å². The highest BCUT2D eigenvalue weighted by molar-refractivity contribution is 5.85. The molecule has 0 aromatic heterocycles. The van der Waals surface area contributed by atoms with Gasteiger partial charge in [-0.25, -0.2) is 4.79 Å². The summed E-state index contributed by atoms with van der Waals surface area (Å²) in [5.41, 5.74) is -1.59. The SMILES string of the molecule is CC(C)(C)[C@]1(C(=O)O)[C@@H](/C=C\C(=O)OC2CCC2)C1(C)C. The largest absolute Gasteiger partial charge is 0.481 e. The van der Waals surface area contributed by atoms with E-state index in [0.29, 0.717) is 0 Å². The molecule has 0 spiro atoms. The standard InChI is InChI=1S/C17H26O4/c1-15(2,3)17(14(19)20)12(16(17,4)5)9-10-13(18)21-11-7-6-8-11/h9-12H,6-8H2,1-5H3,(H,19,20)/b10-9-/t12-,17+/m0/s1. The molecule has 4 nitrogen and oxygen atoms in total. The summed E-state index contributed by atoms with van der Waals surface area (Å²) in [5.74, 6) is -1.30. The van der Waals surface area contributed by atoms with Gasteiger partial charge in [0.2, 0.25) is 0 Å². The minimum Gasteiger partial charge on any atom is -0.481 e. The van der Waals surface area contributed by atoms with Gasteiger partial charge in [0.05, 0.1) is 5.41 Å². The molecule has 0 amide bonds. The molecule has 2 rings (SSSR count). The van der Waals surface area contributed by atoms with Crippen LogP contribution in [0.25, 0.3) is 0 Å². The minimum atomic E-state index is -0.840. The normalized spacial score (nSPS) is 31.8. The third-order valence-corrected chi connectivity index (χ3v) is 5.46. The van der Waals surface area contributed by atoms with E-state index in [2.05, 4.69) is 0 Å². The van der Waals surface area contributed by atoms with Gasteiger partial charge >= 0.3 is 11.9 Å². The zero-order valence-corrected chi connectivity index (χ0v) is 13.6. The van der Waals surface area contributed by atoms with Crippen molar-refractivity contribution < 1.29 is 19.4 Å². The summed E-state index contributed by atoms with van der Waals surface area (Å²) in [4.78, 5) is 23.6. The lowest BCUT2D eigenvalue weighted by molar-refractivity contribution is -0.150. The number of hydrogen-bond donors (Lipinski definition) is 1.